The SMILES string of the molecule is COC(=O)c1cc(Oc2cnc(C(=O)N(C)C)cn2)cc(OC(C)(C)OC(F)F)c1. The van der Waals surface area contributed by atoms with Crippen molar-refractivity contribution in [2.45, 2.75) is 26.2 Å². The Labute approximate surface area is 171 Å². The van der Waals surface area contributed by atoms with Gasteiger partial charge in [-0.05, 0) is 12.1 Å². The summed E-state index contributed by atoms with van der Waals surface area (Å²) in [6.07, 6.45) is 2.46. The molecule has 0 aliphatic heterocycles. The van der Waals surface area contributed by atoms with Crippen LogP contribution in [0.3, 0.4) is 0 Å². The highest BCUT2D eigenvalue weighted by Crippen LogP contribution is 2.30. The third-order valence-corrected chi connectivity index (χ3v) is 3.51. The summed E-state index contributed by atoms with van der Waals surface area (Å²) in [5, 5.41) is 0. The van der Waals surface area contributed by atoms with Crippen LogP contribution in [0.4, 0.5) is 8.78 Å². The Morgan fingerprint density at radius 3 is 2.27 bits per heavy atom. The molecule has 0 N–H and O–H groups in total. The number of methoxy groups -OCH3 is 1. The summed E-state index contributed by atoms with van der Waals surface area (Å²) in [6, 6.07) is 3.99. The molecule has 1 amide bonds. The summed E-state index contributed by atoms with van der Waals surface area (Å²) >= 11 is 0. The molecule has 0 aliphatic rings. The van der Waals surface area contributed by atoms with Crippen LogP contribution in [0.1, 0.15) is 34.7 Å². The van der Waals surface area contributed by atoms with Gasteiger partial charge in [0.2, 0.25) is 11.7 Å². The van der Waals surface area contributed by atoms with E-state index in [0.717, 1.165) is 0 Å². The molecule has 0 saturated heterocycles. The van der Waals surface area contributed by atoms with Gasteiger partial charge in [-0.15, -0.1) is 0 Å². The van der Waals surface area contributed by atoms with E-state index in [-0.39, 0.29) is 34.5 Å². The molecule has 1 aromatic heterocycles. The first kappa shape index (κ1) is 22.9. The van der Waals surface area contributed by atoms with Gasteiger partial charge in [0.1, 0.15) is 17.2 Å². The number of amides is 1. The molecular weight excluding hydrogens is 404 g/mol. The Bertz CT molecular complexity index is 904. The molecule has 2 rings (SSSR count). The van der Waals surface area contributed by atoms with E-state index in [9.17, 15) is 18.4 Å². The maximum Gasteiger partial charge on any atom is 0.348 e. The van der Waals surface area contributed by atoms with Gasteiger partial charge in [0.15, 0.2) is 0 Å². The zero-order valence-electron chi connectivity index (χ0n) is 17.0. The number of hydrogen-bond donors (Lipinski definition) is 0. The van der Waals surface area contributed by atoms with E-state index in [1.54, 1.807) is 14.1 Å². The van der Waals surface area contributed by atoms with Crippen molar-refractivity contribution in [3.63, 3.8) is 0 Å². The summed E-state index contributed by atoms with van der Waals surface area (Å²) in [6.45, 7) is -0.481. The second-order valence-corrected chi connectivity index (χ2v) is 6.61. The second kappa shape index (κ2) is 9.44. The van der Waals surface area contributed by atoms with E-state index in [4.69, 9.17) is 9.47 Å². The fraction of sp³-hybridized carbons (Fsp3) is 0.368. The van der Waals surface area contributed by atoms with E-state index in [2.05, 4.69) is 19.4 Å². The number of benzene rings is 1. The number of hydrogen-bond acceptors (Lipinski definition) is 8. The molecule has 11 heteroatoms. The van der Waals surface area contributed by atoms with Gasteiger partial charge < -0.3 is 19.1 Å². The number of halogens is 2. The van der Waals surface area contributed by atoms with Crippen LogP contribution >= 0.6 is 0 Å². The number of carbonyl (C=O) groups is 2. The Balaban J connectivity index is 2.30. The van der Waals surface area contributed by atoms with E-state index < -0.39 is 18.4 Å². The molecule has 162 valence electrons. The number of carbonyl (C=O) groups excluding carboxylic acids is 2. The van der Waals surface area contributed by atoms with E-state index in [0.29, 0.717) is 0 Å². The van der Waals surface area contributed by atoms with Crippen LogP contribution in [0.15, 0.2) is 30.6 Å². The van der Waals surface area contributed by atoms with Gasteiger partial charge in [-0.1, -0.05) is 0 Å². The third-order valence-electron chi connectivity index (χ3n) is 3.51. The van der Waals surface area contributed by atoms with Crippen LogP contribution in [-0.2, 0) is 9.47 Å². The van der Waals surface area contributed by atoms with Crippen LogP contribution in [0.25, 0.3) is 0 Å². The number of rotatable bonds is 8. The molecule has 0 spiro atoms. The van der Waals surface area contributed by atoms with Gasteiger partial charge >= 0.3 is 12.6 Å². The third kappa shape index (κ3) is 6.34. The minimum absolute atomic E-state index is 0.0194. The summed E-state index contributed by atoms with van der Waals surface area (Å²) < 4.78 is 45.2. The molecule has 0 fully saturated rings. The van der Waals surface area contributed by atoms with Crippen molar-refractivity contribution in [3.8, 4) is 17.4 Å². The second-order valence-electron chi connectivity index (χ2n) is 6.61. The maximum atomic E-state index is 12.6. The van der Waals surface area contributed by atoms with Crippen molar-refractivity contribution < 1.29 is 37.3 Å². The fourth-order valence-corrected chi connectivity index (χ4v) is 2.28. The van der Waals surface area contributed by atoms with E-state index in [1.165, 1.54) is 56.4 Å². The Hall–Kier alpha value is -3.34. The maximum absolute atomic E-state index is 12.6. The van der Waals surface area contributed by atoms with Crippen molar-refractivity contribution in [2.75, 3.05) is 21.2 Å². The summed E-state index contributed by atoms with van der Waals surface area (Å²) in [7, 11) is 4.34. The molecule has 0 atom stereocenters. The number of ether oxygens (including phenoxy) is 4. The molecule has 0 unspecified atom stereocenters. The normalized spacial score (nSPS) is 11.2. The minimum Gasteiger partial charge on any atom is -0.465 e. The molecule has 2 aromatic rings. The van der Waals surface area contributed by atoms with Crippen molar-refractivity contribution >= 4 is 11.9 Å². The van der Waals surface area contributed by atoms with Crippen molar-refractivity contribution in [1.29, 1.82) is 0 Å². The lowest BCUT2D eigenvalue weighted by Gasteiger charge is -2.26. The predicted octanol–water partition coefficient (Wildman–Crippen LogP) is 3.11. The standard InChI is InChI=1S/C19H21F2N3O6/c1-19(2,30-18(20)21)29-13-7-11(17(26)27-5)6-12(8-13)28-15-10-22-14(9-23-15)16(25)24(3)4/h6-10,18H,1-5H3. The topological polar surface area (TPSA) is 100 Å². The van der Waals surface area contributed by atoms with Crippen LogP contribution in [-0.4, -0.2) is 60.3 Å². The average Bonchev–Trinajstić information content (AvgIpc) is 2.65. The molecular formula is C19H21F2N3O6. The van der Waals surface area contributed by atoms with Crippen LogP contribution in [0.5, 0.6) is 17.4 Å². The van der Waals surface area contributed by atoms with Gasteiger partial charge in [0.25, 0.3) is 5.91 Å². The lowest BCUT2D eigenvalue weighted by Crippen LogP contribution is -2.33. The first-order valence-corrected chi connectivity index (χ1v) is 8.60. The number of aromatic nitrogens is 2. The van der Waals surface area contributed by atoms with E-state index >= 15 is 0 Å². The van der Waals surface area contributed by atoms with Gasteiger partial charge in [-0.25, -0.2) is 14.8 Å². The monoisotopic (exact) mass is 425 g/mol. The molecule has 0 bridgehead atoms. The Morgan fingerprint density at radius 2 is 1.73 bits per heavy atom. The van der Waals surface area contributed by atoms with Crippen LogP contribution in [0, 0.1) is 0 Å². The molecule has 1 aromatic carbocycles. The molecule has 1 heterocycles. The predicted molar refractivity (Wildman–Crippen MR) is 99.7 cm³/mol. The summed E-state index contributed by atoms with van der Waals surface area (Å²) in [5.74, 6) is -2.57. The number of alkyl halides is 2. The van der Waals surface area contributed by atoms with Crippen LogP contribution in [0.2, 0.25) is 0 Å². The van der Waals surface area contributed by atoms with Gasteiger partial charge in [-0.2, -0.15) is 8.78 Å². The van der Waals surface area contributed by atoms with Gasteiger partial charge in [0.05, 0.1) is 25.1 Å². The fourth-order valence-electron chi connectivity index (χ4n) is 2.28. The van der Waals surface area contributed by atoms with Gasteiger partial charge in [0, 0.05) is 34.0 Å². The molecule has 30 heavy (non-hydrogen) atoms. The van der Waals surface area contributed by atoms with Crippen LogP contribution < -0.4 is 9.47 Å². The zero-order chi connectivity index (χ0) is 22.5. The minimum atomic E-state index is -3.06. The van der Waals surface area contributed by atoms with Crippen molar-refractivity contribution in [3.05, 3.63) is 41.9 Å². The quantitative estimate of drug-likeness (QED) is 0.470. The first-order chi connectivity index (χ1) is 14.0. The molecule has 0 saturated carbocycles. The first-order valence-electron chi connectivity index (χ1n) is 8.60. The highest BCUT2D eigenvalue weighted by atomic mass is 19.3. The number of esters is 1. The smallest absolute Gasteiger partial charge is 0.348 e. The largest absolute Gasteiger partial charge is 0.465 e. The zero-order valence-corrected chi connectivity index (χ0v) is 17.0. The molecule has 9 nitrogen and oxygen atoms in total. The van der Waals surface area contributed by atoms with E-state index in [1.807, 2.05) is 0 Å². The lowest BCUT2D eigenvalue weighted by atomic mass is 10.2. The van der Waals surface area contributed by atoms with Gasteiger partial charge in [-0.3, -0.25) is 9.53 Å². The summed E-state index contributed by atoms with van der Waals surface area (Å²) in [4.78, 5) is 33.1. The Kier molecular flexibility index (Phi) is 7.22. The Morgan fingerprint density at radius 1 is 1.07 bits per heavy atom. The van der Waals surface area contributed by atoms with Crippen molar-refractivity contribution in [1.82, 2.24) is 14.9 Å². The lowest BCUT2D eigenvalue weighted by molar-refractivity contribution is -0.264. The summed E-state index contributed by atoms with van der Waals surface area (Å²) in [5.41, 5.74) is 0.163. The molecule has 0 aliphatic carbocycles. The van der Waals surface area contributed by atoms with Crippen molar-refractivity contribution in [2.24, 2.45) is 0 Å². The average molecular weight is 425 g/mol. The molecule has 0 radical (unpaired) electrons. The number of nitrogens with zero attached hydrogens (tertiary/aromatic N) is 3. The highest BCUT2D eigenvalue weighted by molar-refractivity contribution is 5.91. The highest BCUT2D eigenvalue weighted by Gasteiger charge is 2.26.